The first-order chi connectivity index (χ1) is 18.3. The summed E-state index contributed by atoms with van der Waals surface area (Å²) >= 11 is 12.4. The molecule has 4 rings (SSSR count). The van der Waals surface area contributed by atoms with Crippen molar-refractivity contribution in [2.75, 3.05) is 25.4 Å². The second-order valence-corrected chi connectivity index (χ2v) is 10.3. The minimum atomic E-state index is -0.665. The number of anilines is 1. The number of halogens is 3. The van der Waals surface area contributed by atoms with Gasteiger partial charge < -0.3 is 21.1 Å². The molecular formula is C27H33Cl2FN6O2. The van der Waals surface area contributed by atoms with E-state index < -0.39 is 11.9 Å². The molecule has 4 N–H and O–H groups in total. The molecular weight excluding hydrogens is 530 g/mol. The van der Waals surface area contributed by atoms with E-state index in [1.165, 1.54) is 12.1 Å². The average molecular weight is 564 g/mol. The molecule has 8 nitrogen and oxygen atoms in total. The number of likely N-dealkylation sites (tertiary alicyclic amines) is 1. The predicted octanol–water partition coefficient (Wildman–Crippen LogP) is 5.80. The first-order valence-electron chi connectivity index (χ1n) is 12.9. The Morgan fingerprint density at radius 3 is 2.68 bits per heavy atom. The molecule has 1 aliphatic heterocycles. The summed E-state index contributed by atoms with van der Waals surface area (Å²) in [4.78, 5) is 18.7. The van der Waals surface area contributed by atoms with Gasteiger partial charge in [0.15, 0.2) is 11.6 Å². The average Bonchev–Trinajstić information content (AvgIpc) is 3.41. The van der Waals surface area contributed by atoms with Crippen LogP contribution in [-0.2, 0) is 4.79 Å². The highest BCUT2D eigenvalue weighted by molar-refractivity contribution is 6.36. The third-order valence-corrected chi connectivity index (χ3v) is 7.61. The van der Waals surface area contributed by atoms with Crippen molar-refractivity contribution >= 4 is 34.9 Å². The largest absolute Gasteiger partial charge is 0.482 e. The number of carbonyl (C=O) groups is 1. The monoisotopic (exact) mass is 562 g/mol. The van der Waals surface area contributed by atoms with Crippen molar-refractivity contribution in [3.8, 4) is 16.9 Å². The van der Waals surface area contributed by atoms with Crippen LogP contribution in [0.5, 0.6) is 5.75 Å². The number of aromatic nitrogens is 3. The van der Waals surface area contributed by atoms with Crippen molar-refractivity contribution in [3.63, 3.8) is 0 Å². The van der Waals surface area contributed by atoms with Gasteiger partial charge in [-0.05, 0) is 57.4 Å². The second kappa shape index (κ2) is 12.8. The van der Waals surface area contributed by atoms with Crippen molar-refractivity contribution in [2.24, 2.45) is 5.73 Å². The van der Waals surface area contributed by atoms with E-state index in [0.717, 1.165) is 56.3 Å². The number of nitrogen functional groups attached to an aromatic ring is 1. The summed E-state index contributed by atoms with van der Waals surface area (Å²) < 4.78 is 22.0. The molecule has 0 saturated carbocycles. The molecule has 1 unspecified atom stereocenters. The van der Waals surface area contributed by atoms with Gasteiger partial charge in [0, 0.05) is 53.6 Å². The van der Waals surface area contributed by atoms with Gasteiger partial charge in [0.2, 0.25) is 5.91 Å². The Balaban J connectivity index is 1.40. The topological polar surface area (TPSA) is 112 Å². The van der Waals surface area contributed by atoms with Crippen molar-refractivity contribution in [1.29, 1.82) is 0 Å². The highest BCUT2D eigenvalue weighted by Gasteiger charge is 2.25. The van der Waals surface area contributed by atoms with Crippen LogP contribution in [0.15, 0.2) is 36.8 Å². The summed E-state index contributed by atoms with van der Waals surface area (Å²) in [5, 5.41) is 4.78. The molecule has 1 atom stereocenters. The number of nitrogens with two attached hydrogens (primary N) is 2. The number of carbonyl (C=O) groups excluding carboxylic acids is 1. The molecule has 3 heterocycles. The lowest BCUT2D eigenvalue weighted by Crippen LogP contribution is -2.39. The van der Waals surface area contributed by atoms with Crippen molar-refractivity contribution in [2.45, 2.75) is 57.6 Å². The van der Waals surface area contributed by atoms with E-state index in [-0.39, 0.29) is 22.8 Å². The van der Waals surface area contributed by atoms with Gasteiger partial charge in [-0.3, -0.25) is 9.48 Å². The molecule has 38 heavy (non-hydrogen) atoms. The number of hydrogen-bond acceptors (Lipinski definition) is 6. The van der Waals surface area contributed by atoms with Gasteiger partial charge >= 0.3 is 0 Å². The van der Waals surface area contributed by atoms with E-state index in [4.69, 9.17) is 39.4 Å². The molecule has 1 aromatic carbocycles. The van der Waals surface area contributed by atoms with Gasteiger partial charge in [-0.15, -0.1) is 0 Å². The van der Waals surface area contributed by atoms with Gasteiger partial charge in [-0.1, -0.05) is 29.6 Å². The van der Waals surface area contributed by atoms with Crippen LogP contribution in [-0.4, -0.2) is 45.2 Å². The number of nitrogens with zero attached hydrogens (tertiary/aromatic N) is 4. The Morgan fingerprint density at radius 2 is 1.95 bits per heavy atom. The predicted molar refractivity (Wildman–Crippen MR) is 148 cm³/mol. The lowest BCUT2D eigenvalue weighted by Gasteiger charge is -2.32. The zero-order valence-corrected chi connectivity index (χ0v) is 22.9. The van der Waals surface area contributed by atoms with E-state index in [1.807, 2.05) is 15.8 Å². The Labute approximate surface area is 232 Å². The Bertz CT molecular complexity index is 1260. The Kier molecular flexibility index (Phi) is 9.46. The summed E-state index contributed by atoms with van der Waals surface area (Å²) in [6.45, 7) is 3.83. The molecule has 2 aromatic heterocycles. The fraction of sp³-hybridized carbons (Fsp3) is 0.444. The number of piperidine rings is 1. The maximum absolute atomic E-state index is 14.0. The van der Waals surface area contributed by atoms with E-state index in [0.29, 0.717) is 29.3 Å². The van der Waals surface area contributed by atoms with Gasteiger partial charge in [0.05, 0.1) is 17.3 Å². The van der Waals surface area contributed by atoms with Crippen LogP contribution in [0.25, 0.3) is 11.1 Å². The maximum Gasteiger partial charge on any atom is 0.222 e. The van der Waals surface area contributed by atoms with Crippen LogP contribution in [0.4, 0.5) is 10.2 Å². The van der Waals surface area contributed by atoms with Crippen LogP contribution in [0.3, 0.4) is 0 Å². The van der Waals surface area contributed by atoms with E-state index in [9.17, 15) is 9.18 Å². The molecule has 1 fully saturated rings. The molecule has 1 amide bonds. The summed E-state index contributed by atoms with van der Waals surface area (Å²) in [6.07, 6.45) is 9.85. The number of pyridine rings is 1. The number of ether oxygens (including phenoxy) is 1. The molecule has 0 aliphatic carbocycles. The summed E-state index contributed by atoms with van der Waals surface area (Å²) in [5.74, 6) is 0.165. The highest BCUT2D eigenvalue weighted by atomic mass is 35.5. The molecule has 0 spiro atoms. The molecule has 204 valence electrons. The van der Waals surface area contributed by atoms with Crippen molar-refractivity contribution < 1.29 is 13.9 Å². The van der Waals surface area contributed by atoms with Crippen LogP contribution in [0.2, 0.25) is 10.0 Å². The molecule has 1 saturated heterocycles. The van der Waals surface area contributed by atoms with E-state index in [2.05, 4.69) is 10.1 Å². The molecule has 0 bridgehead atoms. The van der Waals surface area contributed by atoms with Crippen LogP contribution < -0.4 is 16.2 Å². The molecule has 3 aromatic rings. The minimum Gasteiger partial charge on any atom is -0.482 e. The molecule has 11 heteroatoms. The third-order valence-electron chi connectivity index (χ3n) is 6.89. The van der Waals surface area contributed by atoms with E-state index in [1.54, 1.807) is 25.4 Å². The van der Waals surface area contributed by atoms with Crippen molar-refractivity contribution in [3.05, 3.63) is 58.2 Å². The van der Waals surface area contributed by atoms with Gasteiger partial charge in [-0.25, -0.2) is 9.37 Å². The molecule has 1 aliphatic rings. The number of amides is 1. The zero-order valence-electron chi connectivity index (χ0n) is 21.4. The normalized spacial score (nSPS) is 15.0. The lowest BCUT2D eigenvalue weighted by atomic mass is 10.0. The third kappa shape index (κ3) is 6.57. The summed E-state index contributed by atoms with van der Waals surface area (Å²) in [7, 11) is 0. The van der Waals surface area contributed by atoms with E-state index >= 15 is 0 Å². The first-order valence-corrected chi connectivity index (χ1v) is 13.6. The van der Waals surface area contributed by atoms with Crippen molar-refractivity contribution in [1.82, 2.24) is 19.7 Å². The standard InChI is InChI=1S/C27H33Cl2FN6O2/c1-17(25-21(28)6-7-22(30)26(25)29)38-23-13-18(14-33-27(23)32)19-15-34-36(16-19)20-8-11-35(12-9-20)24(37)5-3-2-4-10-31/h6-7,13-17,20H,2-5,8-12,31H2,1H3,(H2,32,33). The minimum absolute atomic E-state index is 0.0895. The van der Waals surface area contributed by atoms with Crippen LogP contribution in [0.1, 0.15) is 63.2 Å². The number of hydrogen-bond donors (Lipinski definition) is 2. The Hall–Kier alpha value is -2.88. The van der Waals surface area contributed by atoms with Gasteiger partial charge in [0.1, 0.15) is 11.9 Å². The zero-order chi connectivity index (χ0) is 27.2. The van der Waals surface area contributed by atoms with Gasteiger partial charge in [0.25, 0.3) is 0 Å². The quantitative estimate of drug-likeness (QED) is 0.238. The SMILES string of the molecule is CC(Oc1cc(-c2cnn(C3CCN(C(=O)CCCCCN)CC3)c2)cnc1N)c1c(Cl)ccc(F)c1Cl. The second-order valence-electron chi connectivity index (χ2n) is 9.54. The van der Waals surface area contributed by atoms with Crippen LogP contribution in [0, 0.1) is 5.82 Å². The number of unbranched alkanes of at least 4 members (excludes halogenated alkanes) is 2. The highest BCUT2D eigenvalue weighted by Crippen LogP contribution is 2.37. The number of benzene rings is 1. The summed E-state index contributed by atoms with van der Waals surface area (Å²) in [5.41, 5.74) is 13.6. The lowest BCUT2D eigenvalue weighted by molar-refractivity contribution is -0.132. The van der Waals surface area contributed by atoms with Gasteiger partial charge in [-0.2, -0.15) is 5.10 Å². The smallest absolute Gasteiger partial charge is 0.222 e. The fourth-order valence-corrected chi connectivity index (χ4v) is 5.37. The first kappa shape index (κ1) is 28.1. The number of rotatable bonds is 10. The summed E-state index contributed by atoms with van der Waals surface area (Å²) in [6, 6.07) is 4.63. The molecule has 0 radical (unpaired) electrons. The fourth-order valence-electron chi connectivity index (χ4n) is 4.69. The van der Waals surface area contributed by atoms with Crippen LogP contribution >= 0.6 is 23.2 Å². The Morgan fingerprint density at radius 1 is 1.18 bits per heavy atom. The maximum atomic E-state index is 14.0.